The molecule has 0 unspecified atom stereocenters. The van der Waals surface area contributed by atoms with Crippen molar-refractivity contribution in [2.75, 3.05) is 6.61 Å². The number of rotatable bonds is 8. The Labute approximate surface area is 175 Å². The summed E-state index contributed by atoms with van der Waals surface area (Å²) in [5.41, 5.74) is 4.47. The van der Waals surface area contributed by atoms with Gasteiger partial charge >= 0.3 is 0 Å². The van der Waals surface area contributed by atoms with Gasteiger partial charge in [-0.05, 0) is 40.5 Å². The molecule has 0 aliphatic rings. The van der Waals surface area contributed by atoms with Gasteiger partial charge in [0.25, 0.3) is 5.91 Å². The lowest BCUT2D eigenvalue weighted by Crippen LogP contribution is -2.28. The minimum atomic E-state index is -0.150. The maximum Gasteiger partial charge on any atom is 0.258 e. The highest BCUT2D eigenvalue weighted by molar-refractivity contribution is 5.78. The Balaban J connectivity index is 1.38. The van der Waals surface area contributed by atoms with E-state index in [9.17, 15) is 4.79 Å². The molecule has 1 N–H and O–H groups in total. The number of benzene rings is 3. The fourth-order valence-electron chi connectivity index (χ4n) is 3.24. The number of amides is 1. The first-order valence-corrected chi connectivity index (χ1v) is 9.87. The third-order valence-corrected chi connectivity index (χ3v) is 4.78. The molecule has 5 nitrogen and oxygen atoms in total. The van der Waals surface area contributed by atoms with E-state index in [2.05, 4.69) is 40.7 Å². The van der Waals surface area contributed by atoms with E-state index in [4.69, 9.17) is 4.74 Å². The summed E-state index contributed by atoms with van der Waals surface area (Å²) in [6.45, 7) is 1.18. The molecule has 30 heavy (non-hydrogen) atoms. The molecule has 0 spiro atoms. The molecule has 0 fully saturated rings. The van der Waals surface area contributed by atoms with Crippen LogP contribution in [0.5, 0.6) is 5.75 Å². The molecule has 0 aliphatic heterocycles. The molecule has 0 atom stereocenters. The summed E-state index contributed by atoms with van der Waals surface area (Å²) in [4.78, 5) is 12.2. The molecule has 0 saturated heterocycles. The molecule has 5 heteroatoms. The predicted molar refractivity (Wildman–Crippen MR) is 117 cm³/mol. The predicted octanol–water partition coefficient (Wildman–Crippen LogP) is 4.29. The van der Waals surface area contributed by atoms with Crippen LogP contribution in [-0.2, 0) is 17.9 Å². The van der Waals surface area contributed by atoms with Gasteiger partial charge in [0.2, 0.25) is 0 Å². The topological polar surface area (TPSA) is 56.1 Å². The standard InChI is InChI=1S/C25H23N3O2/c29-25(19-30-23-8-2-1-3-9-23)26-17-22-7-4-5-10-24(22)21-13-11-20(12-14-21)18-28-16-6-15-27-28/h1-16H,17-19H2,(H,26,29). The van der Waals surface area contributed by atoms with Gasteiger partial charge in [0, 0.05) is 18.9 Å². The van der Waals surface area contributed by atoms with Crippen LogP contribution in [0.15, 0.2) is 97.3 Å². The average Bonchev–Trinajstić information content (AvgIpc) is 3.31. The molecular weight excluding hydrogens is 374 g/mol. The van der Waals surface area contributed by atoms with Crippen molar-refractivity contribution in [3.63, 3.8) is 0 Å². The van der Waals surface area contributed by atoms with Crippen LogP contribution in [0.1, 0.15) is 11.1 Å². The Kier molecular flexibility index (Phi) is 6.20. The van der Waals surface area contributed by atoms with Crippen molar-refractivity contribution in [2.24, 2.45) is 0 Å². The van der Waals surface area contributed by atoms with E-state index < -0.39 is 0 Å². The summed E-state index contributed by atoms with van der Waals surface area (Å²) in [5.74, 6) is 0.534. The molecule has 3 aromatic carbocycles. The van der Waals surface area contributed by atoms with Gasteiger partial charge < -0.3 is 10.1 Å². The van der Waals surface area contributed by atoms with Gasteiger partial charge in [-0.25, -0.2) is 0 Å². The molecule has 0 saturated carbocycles. The Morgan fingerprint density at radius 1 is 0.900 bits per heavy atom. The second kappa shape index (κ2) is 9.56. The number of aromatic nitrogens is 2. The van der Waals surface area contributed by atoms with Crippen molar-refractivity contribution in [3.05, 3.63) is 108 Å². The van der Waals surface area contributed by atoms with Crippen molar-refractivity contribution >= 4 is 5.91 Å². The van der Waals surface area contributed by atoms with Crippen molar-refractivity contribution < 1.29 is 9.53 Å². The van der Waals surface area contributed by atoms with Crippen molar-refractivity contribution in [3.8, 4) is 16.9 Å². The molecule has 1 aromatic heterocycles. The summed E-state index contributed by atoms with van der Waals surface area (Å²) in [6.07, 6.45) is 3.73. The van der Waals surface area contributed by atoms with E-state index in [1.165, 1.54) is 5.56 Å². The molecule has 4 aromatic rings. The van der Waals surface area contributed by atoms with Gasteiger partial charge in [-0.3, -0.25) is 9.48 Å². The summed E-state index contributed by atoms with van der Waals surface area (Å²) in [5, 5.41) is 7.19. The van der Waals surface area contributed by atoms with Crippen LogP contribution in [0.4, 0.5) is 0 Å². The zero-order valence-corrected chi connectivity index (χ0v) is 16.6. The summed E-state index contributed by atoms with van der Waals surface area (Å²) < 4.78 is 7.41. The van der Waals surface area contributed by atoms with Gasteiger partial charge in [0.05, 0.1) is 6.54 Å². The highest BCUT2D eigenvalue weighted by Crippen LogP contribution is 2.24. The van der Waals surface area contributed by atoms with E-state index in [1.807, 2.05) is 65.5 Å². The molecule has 0 aliphatic carbocycles. The van der Waals surface area contributed by atoms with Crippen LogP contribution in [0, 0.1) is 0 Å². The lowest BCUT2D eigenvalue weighted by atomic mass is 9.98. The zero-order chi connectivity index (χ0) is 20.6. The number of ether oxygens (including phenoxy) is 1. The quantitative estimate of drug-likeness (QED) is 0.482. The summed E-state index contributed by atoms with van der Waals surface area (Å²) in [6, 6.07) is 27.8. The third kappa shape index (κ3) is 5.14. The van der Waals surface area contributed by atoms with Crippen LogP contribution >= 0.6 is 0 Å². The van der Waals surface area contributed by atoms with Crippen molar-refractivity contribution in [1.82, 2.24) is 15.1 Å². The fraction of sp³-hybridized carbons (Fsp3) is 0.120. The van der Waals surface area contributed by atoms with E-state index in [-0.39, 0.29) is 12.5 Å². The molecule has 0 bridgehead atoms. The molecule has 150 valence electrons. The lowest BCUT2D eigenvalue weighted by Gasteiger charge is -2.12. The fourth-order valence-corrected chi connectivity index (χ4v) is 3.24. The van der Waals surface area contributed by atoms with Crippen LogP contribution in [0.2, 0.25) is 0 Å². The molecule has 4 rings (SSSR count). The Morgan fingerprint density at radius 2 is 1.67 bits per heavy atom. The minimum absolute atomic E-state index is 0.00565. The maximum atomic E-state index is 12.2. The highest BCUT2D eigenvalue weighted by atomic mass is 16.5. The van der Waals surface area contributed by atoms with Crippen LogP contribution in [-0.4, -0.2) is 22.3 Å². The highest BCUT2D eigenvalue weighted by Gasteiger charge is 2.08. The molecule has 1 heterocycles. The number of nitrogens with zero attached hydrogens (tertiary/aromatic N) is 2. The van der Waals surface area contributed by atoms with Gasteiger partial charge in [0.1, 0.15) is 5.75 Å². The van der Waals surface area contributed by atoms with Crippen molar-refractivity contribution in [1.29, 1.82) is 0 Å². The molecule has 0 radical (unpaired) electrons. The Hall–Kier alpha value is -3.86. The monoisotopic (exact) mass is 397 g/mol. The maximum absolute atomic E-state index is 12.2. The second-order valence-corrected chi connectivity index (χ2v) is 6.94. The Bertz CT molecular complexity index is 1080. The smallest absolute Gasteiger partial charge is 0.258 e. The number of para-hydroxylation sites is 1. The van der Waals surface area contributed by atoms with Crippen LogP contribution in [0.25, 0.3) is 11.1 Å². The zero-order valence-electron chi connectivity index (χ0n) is 16.6. The Morgan fingerprint density at radius 3 is 2.43 bits per heavy atom. The number of hydrogen-bond donors (Lipinski definition) is 1. The minimum Gasteiger partial charge on any atom is -0.484 e. The van der Waals surface area contributed by atoms with Crippen molar-refractivity contribution in [2.45, 2.75) is 13.1 Å². The molecular formula is C25H23N3O2. The molecule has 1 amide bonds. The first-order chi connectivity index (χ1) is 14.8. The van der Waals surface area contributed by atoms with Crippen LogP contribution < -0.4 is 10.1 Å². The largest absolute Gasteiger partial charge is 0.484 e. The van der Waals surface area contributed by atoms with E-state index in [0.717, 1.165) is 23.2 Å². The van der Waals surface area contributed by atoms with Gasteiger partial charge in [-0.2, -0.15) is 5.10 Å². The van der Waals surface area contributed by atoms with E-state index in [0.29, 0.717) is 12.3 Å². The first-order valence-electron chi connectivity index (χ1n) is 9.87. The van der Waals surface area contributed by atoms with Gasteiger partial charge in [-0.1, -0.05) is 66.7 Å². The van der Waals surface area contributed by atoms with E-state index in [1.54, 1.807) is 6.20 Å². The SMILES string of the molecule is O=C(COc1ccccc1)NCc1ccccc1-c1ccc(Cn2cccn2)cc1. The number of hydrogen-bond acceptors (Lipinski definition) is 3. The van der Waals surface area contributed by atoms with Gasteiger partial charge in [-0.15, -0.1) is 0 Å². The van der Waals surface area contributed by atoms with Crippen LogP contribution in [0.3, 0.4) is 0 Å². The normalized spacial score (nSPS) is 10.5. The first kappa shape index (κ1) is 19.5. The van der Waals surface area contributed by atoms with Gasteiger partial charge in [0.15, 0.2) is 6.61 Å². The number of carbonyl (C=O) groups is 1. The lowest BCUT2D eigenvalue weighted by molar-refractivity contribution is -0.123. The number of nitrogens with one attached hydrogen (secondary N) is 1. The summed E-state index contributed by atoms with van der Waals surface area (Å²) in [7, 11) is 0. The third-order valence-electron chi connectivity index (χ3n) is 4.78. The second-order valence-electron chi connectivity index (χ2n) is 6.94. The summed E-state index contributed by atoms with van der Waals surface area (Å²) >= 11 is 0. The van der Waals surface area contributed by atoms with E-state index >= 15 is 0 Å². The average molecular weight is 397 g/mol. The number of carbonyl (C=O) groups excluding carboxylic acids is 1.